The highest BCUT2D eigenvalue weighted by molar-refractivity contribution is 9.10. The third-order valence-electron chi connectivity index (χ3n) is 3.92. The lowest BCUT2D eigenvalue weighted by molar-refractivity contribution is 0.210. The average Bonchev–Trinajstić information content (AvgIpc) is 3.06. The molecule has 1 atom stereocenters. The second-order valence-electron chi connectivity index (χ2n) is 5.82. The van der Waals surface area contributed by atoms with Crippen LogP contribution in [-0.2, 0) is 12.3 Å². The largest absolute Gasteiger partial charge is 0.483 e. The van der Waals surface area contributed by atoms with E-state index in [1.54, 1.807) is 6.07 Å². The fraction of sp³-hybridized carbons (Fsp3) is 0.263. The van der Waals surface area contributed by atoms with Crippen LogP contribution in [0.15, 0.2) is 52.1 Å². The van der Waals surface area contributed by atoms with Crippen LogP contribution < -0.4 is 4.74 Å². The third-order valence-corrected chi connectivity index (χ3v) is 5.82. The molecule has 0 aliphatic carbocycles. The van der Waals surface area contributed by atoms with Crippen molar-refractivity contribution in [3.63, 3.8) is 0 Å². The molecule has 0 radical (unpaired) electrons. The zero-order chi connectivity index (χ0) is 19.4. The van der Waals surface area contributed by atoms with Gasteiger partial charge in [0.05, 0.1) is 0 Å². The molecule has 0 saturated carbocycles. The van der Waals surface area contributed by atoms with Gasteiger partial charge in [-0.3, -0.25) is 0 Å². The van der Waals surface area contributed by atoms with Gasteiger partial charge < -0.3 is 9.30 Å². The smallest absolute Gasteiger partial charge is 0.191 e. The van der Waals surface area contributed by atoms with Crippen LogP contribution in [0.1, 0.15) is 31.3 Å². The summed E-state index contributed by atoms with van der Waals surface area (Å²) < 4.78 is 22.2. The van der Waals surface area contributed by atoms with E-state index in [0.29, 0.717) is 10.8 Å². The van der Waals surface area contributed by atoms with Gasteiger partial charge in [-0.25, -0.2) is 4.39 Å². The molecule has 4 nitrogen and oxygen atoms in total. The summed E-state index contributed by atoms with van der Waals surface area (Å²) in [6.07, 6.45) is -0.248. The molecule has 0 N–H and O–H groups in total. The Kier molecular flexibility index (Phi) is 6.78. The van der Waals surface area contributed by atoms with E-state index in [1.165, 1.54) is 23.9 Å². The monoisotopic (exact) mass is 469 g/mol. The molecule has 0 aliphatic rings. The van der Waals surface area contributed by atoms with E-state index in [4.69, 9.17) is 16.3 Å². The van der Waals surface area contributed by atoms with E-state index in [1.807, 2.05) is 42.7 Å². The molecule has 3 rings (SSSR count). The van der Waals surface area contributed by atoms with Gasteiger partial charge in [0, 0.05) is 21.8 Å². The molecule has 142 valence electrons. The van der Waals surface area contributed by atoms with Gasteiger partial charge in [0.25, 0.3) is 0 Å². The molecular weight excluding hydrogens is 453 g/mol. The molecule has 0 bridgehead atoms. The molecule has 0 aliphatic heterocycles. The van der Waals surface area contributed by atoms with E-state index in [2.05, 4.69) is 26.1 Å². The third kappa shape index (κ3) is 5.03. The van der Waals surface area contributed by atoms with Crippen LogP contribution in [0.3, 0.4) is 0 Å². The van der Waals surface area contributed by atoms with Crippen LogP contribution in [-0.4, -0.2) is 14.8 Å². The number of hydrogen-bond acceptors (Lipinski definition) is 4. The molecule has 0 saturated heterocycles. The zero-order valence-electron chi connectivity index (χ0n) is 14.8. The van der Waals surface area contributed by atoms with Crippen LogP contribution in [0.25, 0.3) is 0 Å². The van der Waals surface area contributed by atoms with Crippen LogP contribution in [0, 0.1) is 5.82 Å². The summed E-state index contributed by atoms with van der Waals surface area (Å²) in [6.45, 7) is 4.70. The van der Waals surface area contributed by atoms with Crippen molar-refractivity contribution in [1.82, 2.24) is 14.8 Å². The molecule has 3 aromatic rings. The molecule has 27 heavy (non-hydrogen) atoms. The van der Waals surface area contributed by atoms with Gasteiger partial charge in [-0.1, -0.05) is 45.4 Å². The topological polar surface area (TPSA) is 39.9 Å². The van der Waals surface area contributed by atoms with Crippen molar-refractivity contribution in [3.8, 4) is 5.75 Å². The quantitative estimate of drug-likeness (QED) is 0.381. The number of thioether (sulfide) groups is 1. The Morgan fingerprint density at radius 2 is 1.96 bits per heavy atom. The van der Waals surface area contributed by atoms with Gasteiger partial charge in [-0.05, 0) is 55.8 Å². The first-order chi connectivity index (χ1) is 13.0. The SMILES string of the molecule is CCn1c(SCc2ccc(F)cc2Cl)nnc1C(C)Oc1ccc(Br)cc1. The minimum absolute atomic E-state index is 0.248. The fourth-order valence-electron chi connectivity index (χ4n) is 2.56. The predicted molar refractivity (Wildman–Crippen MR) is 110 cm³/mol. The maximum absolute atomic E-state index is 13.2. The van der Waals surface area contributed by atoms with Crippen LogP contribution >= 0.6 is 39.3 Å². The maximum Gasteiger partial charge on any atom is 0.191 e. The number of aromatic nitrogens is 3. The second kappa shape index (κ2) is 9.08. The van der Waals surface area contributed by atoms with E-state index in [-0.39, 0.29) is 11.9 Å². The summed E-state index contributed by atoms with van der Waals surface area (Å²) in [5.74, 6) is 1.77. The molecule has 1 unspecified atom stereocenters. The lowest BCUT2D eigenvalue weighted by Gasteiger charge is -2.15. The number of benzene rings is 2. The Balaban J connectivity index is 1.72. The number of halogens is 3. The Hall–Kier alpha value is -1.57. The van der Waals surface area contributed by atoms with Gasteiger partial charge in [0.1, 0.15) is 11.6 Å². The molecule has 1 heterocycles. The predicted octanol–water partition coefficient (Wildman–Crippen LogP) is 6.29. The highest BCUT2D eigenvalue weighted by atomic mass is 79.9. The van der Waals surface area contributed by atoms with Crippen LogP contribution in [0.5, 0.6) is 5.75 Å². The highest BCUT2D eigenvalue weighted by Gasteiger charge is 2.19. The summed E-state index contributed by atoms with van der Waals surface area (Å²) in [5.41, 5.74) is 0.856. The molecule has 0 amide bonds. The van der Waals surface area contributed by atoms with Crippen molar-refractivity contribution >= 4 is 39.3 Å². The standard InChI is InChI=1S/C19H18BrClFN3OS/c1-3-25-18(12(2)26-16-8-5-14(20)6-9-16)23-24-19(25)27-11-13-4-7-15(22)10-17(13)21/h4-10,12H,3,11H2,1-2H3. The summed E-state index contributed by atoms with van der Waals surface area (Å²) in [7, 11) is 0. The van der Waals surface area contributed by atoms with Gasteiger partial charge in [-0.2, -0.15) is 0 Å². The molecule has 2 aromatic carbocycles. The molecule has 8 heteroatoms. The van der Waals surface area contributed by atoms with Gasteiger partial charge >= 0.3 is 0 Å². The number of hydrogen-bond donors (Lipinski definition) is 0. The lowest BCUT2D eigenvalue weighted by Crippen LogP contribution is -2.12. The van der Waals surface area contributed by atoms with Gasteiger partial charge in [0.15, 0.2) is 17.1 Å². The van der Waals surface area contributed by atoms with Crippen molar-refractivity contribution < 1.29 is 9.13 Å². The first-order valence-corrected chi connectivity index (χ1v) is 10.6. The maximum atomic E-state index is 13.2. The van der Waals surface area contributed by atoms with Crippen LogP contribution in [0.2, 0.25) is 5.02 Å². The lowest BCUT2D eigenvalue weighted by atomic mass is 10.2. The number of nitrogens with zero attached hydrogens (tertiary/aromatic N) is 3. The summed E-state index contributed by atoms with van der Waals surface area (Å²) in [4.78, 5) is 0. The van der Waals surface area contributed by atoms with Crippen molar-refractivity contribution in [1.29, 1.82) is 0 Å². The first kappa shape index (κ1) is 20.2. The molecule has 1 aromatic heterocycles. The van der Waals surface area contributed by atoms with Crippen molar-refractivity contribution in [3.05, 3.63) is 69.2 Å². The highest BCUT2D eigenvalue weighted by Crippen LogP contribution is 2.29. The van der Waals surface area contributed by atoms with E-state index < -0.39 is 0 Å². The fourth-order valence-corrected chi connectivity index (χ4v) is 4.15. The van der Waals surface area contributed by atoms with E-state index in [9.17, 15) is 4.39 Å². The number of ether oxygens (including phenoxy) is 1. The van der Waals surface area contributed by atoms with Crippen LogP contribution in [0.4, 0.5) is 4.39 Å². The Morgan fingerprint density at radius 1 is 1.22 bits per heavy atom. The average molecular weight is 471 g/mol. The number of rotatable bonds is 7. The minimum atomic E-state index is -0.341. The first-order valence-electron chi connectivity index (χ1n) is 8.40. The normalized spacial score (nSPS) is 12.2. The Morgan fingerprint density at radius 3 is 2.63 bits per heavy atom. The Labute approximate surface area is 175 Å². The van der Waals surface area contributed by atoms with E-state index in [0.717, 1.165) is 33.3 Å². The Bertz CT molecular complexity index is 920. The van der Waals surface area contributed by atoms with E-state index >= 15 is 0 Å². The van der Waals surface area contributed by atoms with Crippen molar-refractivity contribution in [2.75, 3.05) is 0 Å². The zero-order valence-corrected chi connectivity index (χ0v) is 18.0. The summed E-state index contributed by atoms with van der Waals surface area (Å²) in [6, 6.07) is 12.1. The summed E-state index contributed by atoms with van der Waals surface area (Å²) >= 11 is 11.0. The van der Waals surface area contributed by atoms with Gasteiger partial charge in [0.2, 0.25) is 0 Å². The minimum Gasteiger partial charge on any atom is -0.483 e. The van der Waals surface area contributed by atoms with Gasteiger partial charge in [-0.15, -0.1) is 10.2 Å². The summed E-state index contributed by atoms with van der Waals surface area (Å²) in [5, 5.41) is 9.80. The van der Waals surface area contributed by atoms with Crippen molar-refractivity contribution in [2.45, 2.75) is 37.4 Å². The molecular formula is C19H18BrClFN3OS. The second-order valence-corrected chi connectivity index (χ2v) is 8.09. The molecule has 0 spiro atoms. The van der Waals surface area contributed by atoms with Crippen molar-refractivity contribution in [2.24, 2.45) is 0 Å². The molecule has 0 fully saturated rings.